The second-order valence-corrected chi connectivity index (χ2v) is 6.11. The molecule has 0 radical (unpaired) electrons. The maximum atomic E-state index is 5.96. The first-order valence-corrected chi connectivity index (χ1v) is 7.09. The molecule has 0 amide bonds. The van der Waals surface area contributed by atoms with Gasteiger partial charge in [0.15, 0.2) is 0 Å². The number of hydrogen-bond donors (Lipinski definition) is 0. The lowest BCUT2D eigenvalue weighted by atomic mass is 9.87. The van der Waals surface area contributed by atoms with Gasteiger partial charge in [-0.05, 0) is 18.8 Å². The van der Waals surface area contributed by atoms with Crippen molar-refractivity contribution >= 4 is 11.6 Å². The van der Waals surface area contributed by atoms with Gasteiger partial charge in [0.05, 0.1) is 5.88 Å². The Hall–Kier alpha value is -0.570. The van der Waals surface area contributed by atoms with Crippen molar-refractivity contribution in [2.24, 2.45) is 5.92 Å². The fourth-order valence-corrected chi connectivity index (χ4v) is 3.01. The molecule has 17 heavy (non-hydrogen) atoms. The van der Waals surface area contributed by atoms with E-state index >= 15 is 0 Å². The van der Waals surface area contributed by atoms with Gasteiger partial charge in [0.25, 0.3) is 0 Å². The topological polar surface area (TPSA) is 30.7 Å². The van der Waals surface area contributed by atoms with Crippen LogP contribution in [0.4, 0.5) is 0 Å². The highest BCUT2D eigenvalue weighted by atomic mass is 35.5. The van der Waals surface area contributed by atoms with E-state index in [0.717, 1.165) is 18.2 Å². The monoisotopic (exact) mass is 255 g/mol. The van der Waals surface area contributed by atoms with E-state index in [-0.39, 0.29) is 5.41 Å². The first kappa shape index (κ1) is 12.9. The second kappa shape index (κ2) is 4.97. The van der Waals surface area contributed by atoms with E-state index in [4.69, 9.17) is 11.6 Å². The summed E-state index contributed by atoms with van der Waals surface area (Å²) in [5.74, 6) is 3.12. The lowest BCUT2D eigenvalue weighted by molar-refractivity contribution is 0.404. The van der Waals surface area contributed by atoms with Crippen molar-refractivity contribution in [3.05, 3.63) is 11.6 Å². The van der Waals surface area contributed by atoms with Crippen LogP contribution < -0.4 is 0 Å². The highest BCUT2D eigenvalue weighted by Crippen LogP contribution is 2.40. The van der Waals surface area contributed by atoms with Crippen molar-refractivity contribution < 1.29 is 0 Å². The van der Waals surface area contributed by atoms with Gasteiger partial charge in [-0.1, -0.05) is 33.6 Å². The van der Waals surface area contributed by atoms with Crippen LogP contribution in [0.5, 0.6) is 0 Å². The predicted octanol–water partition coefficient (Wildman–Crippen LogP) is 3.50. The molecule has 0 spiro atoms. The van der Waals surface area contributed by atoms with Crippen molar-refractivity contribution in [2.75, 3.05) is 0 Å². The van der Waals surface area contributed by atoms with Gasteiger partial charge in [0.2, 0.25) is 0 Å². The number of nitrogens with zero attached hydrogens (tertiary/aromatic N) is 3. The van der Waals surface area contributed by atoms with Gasteiger partial charge in [-0.25, -0.2) is 0 Å². The van der Waals surface area contributed by atoms with Gasteiger partial charge in [-0.3, -0.25) is 0 Å². The minimum Gasteiger partial charge on any atom is -0.313 e. The van der Waals surface area contributed by atoms with E-state index < -0.39 is 0 Å². The van der Waals surface area contributed by atoms with Crippen LogP contribution in [0.25, 0.3) is 0 Å². The summed E-state index contributed by atoms with van der Waals surface area (Å²) in [5.41, 5.74) is 0.214. The molecule has 1 saturated carbocycles. The van der Waals surface area contributed by atoms with Crippen LogP contribution in [-0.2, 0) is 17.8 Å². The summed E-state index contributed by atoms with van der Waals surface area (Å²) in [6, 6.07) is 0. The molecule has 4 heteroatoms. The van der Waals surface area contributed by atoms with Gasteiger partial charge >= 0.3 is 0 Å². The largest absolute Gasteiger partial charge is 0.313 e. The molecule has 96 valence electrons. The van der Waals surface area contributed by atoms with Crippen LogP contribution in [0.15, 0.2) is 0 Å². The fourth-order valence-electron chi connectivity index (χ4n) is 2.82. The summed E-state index contributed by atoms with van der Waals surface area (Å²) >= 11 is 5.96. The van der Waals surface area contributed by atoms with E-state index in [1.165, 1.54) is 25.7 Å². The van der Waals surface area contributed by atoms with Crippen LogP contribution in [-0.4, -0.2) is 14.8 Å². The van der Waals surface area contributed by atoms with E-state index in [9.17, 15) is 0 Å². The third kappa shape index (κ3) is 2.49. The summed E-state index contributed by atoms with van der Waals surface area (Å²) in [4.78, 5) is 0. The molecule has 0 aliphatic heterocycles. The summed E-state index contributed by atoms with van der Waals surface area (Å²) in [7, 11) is 0. The number of hydrogen-bond acceptors (Lipinski definition) is 2. The van der Waals surface area contributed by atoms with Gasteiger partial charge < -0.3 is 4.57 Å². The molecule has 1 fully saturated rings. The van der Waals surface area contributed by atoms with Crippen LogP contribution in [0, 0.1) is 5.92 Å². The van der Waals surface area contributed by atoms with Crippen molar-refractivity contribution in [3.8, 4) is 0 Å². The number of rotatable bonds is 4. The molecular weight excluding hydrogens is 234 g/mol. The molecule has 1 aromatic heterocycles. The van der Waals surface area contributed by atoms with Gasteiger partial charge in [-0.2, -0.15) is 0 Å². The number of alkyl halides is 1. The zero-order chi connectivity index (χ0) is 12.5. The Morgan fingerprint density at radius 3 is 2.47 bits per heavy atom. The van der Waals surface area contributed by atoms with E-state index in [2.05, 4.69) is 35.5 Å². The maximum absolute atomic E-state index is 5.96. The molecule has 1 aliphatic rings. The van der Waals surface area contributed by atoms with Crippen LogP contribution in [0.2, 0.25) is 0 Å². The molecule has 0 unspecified atom stereocenters. The summed E-state index contributed by atoms with van der Waals surface area (Å²) in [5, 5.41) is 8.68. The first-order chi connectivity index (χ1) is 8.07. The standard InChI is InChI=1S/C13H22ClN3/c1-10(2)9-17-11(8-14)15-16-12(17)13(3)6-4-5-7-13/h10H,4-9H2,1-3H3. The SMILES string of the molecule is CC(C)Cn1c(CCl)nnc1C1(C)CCCC1. The number of halogens is 1. The zero-order valence-electron chi connectivity index (χ0n) is 11.0. The first-order valence-electron chi connectivity index (χ1n) is 6.55. The van der Waals surface area contributed by atoms with Crippen molar-refractivity contribution in [3.63, 3.8) is 0 Å². The highest BCUT2D eigenvalue weighted by Gasteiger charge is 2.36. The summed E-state index contributed by atoms with van der Waals surface area (Å²) in [6.07, 6.45) is 5.07. The molecule has 0 N–H and O–H groups in total. The molecule has 3 nitrogen and oxygen atoms in total. The van der Waals surface area contributed by atoms with E-state index in [0.29, 0.717) is 11.8 Å². The molecule has 1 aliphatic carbocycles. The Labute approximate surface area is 109 Å². The minimum absolute atomic E-state index is 0.214. The summed E-state index contributed by atoms with van der Waals surface area (Å²) < 4.78 is 2.25. The van der Waals surface area contributed by atoms with Gasteiger partial charge in [0, 0.05) is 12.0 Å². The molecule has 0 aromatic carbocycles. The molecule has 1 heterocycles. The number of aromatic nitrogens is 3. The zero-order valence-corrected chi connectivity index (χ0v) is 11.8. The molecule has 2 rings (SSSR count). The Bertz CT molecular complexity index is 378. The minimum atomic E-state index is 0.214. The average molecular weight is 256 g/mol. The van der Waals surface area contributed by atoms with Crippen LogP contribution in [0.3, 0.4) is 0 Å². The average Bonchev–Trinajstić information content (AvgIpc) is 2.85. The Morgan fingerprint density at radius 2 is 1.94 bits per heavy atom. The van der Waals surface area contributed by atoms with Gasteiger partial charge in [0.1, 0.15) is 11.6 Å². The highest BCUT2D eigenvalue weighted by molar-refractivity contribution is 6.16. The molecule has 0 atom stereocenters. The van der Waals surface area contributed by atoms with Crippen LogP contribution >= 0.6 is 11.6 Å². The second-order valence-electron chi connectivity index (χ2n) is 5.85. The Kier molecular flexibility index (Phi) is 3.76. The lowest BCUT2D eigenvalue weighted by Gasteiger charge is -2.24. The molecular formula is C13H22ClN3. The molecule has 1 aromatic rings. The smallest absolute Gasteiger partial charge is 0.147 e. The summed E-state index contributed by atoms with van der Waals surface area (Å²) in [6.45, 7) is 7.73. The third-order valence-electron chi connectivity index (χ3n) is 3.74. The van der Waals surface area contributed by atoms with Crippen molar-refractivity contribution in [2.45, 2.75) is 64.3 Å². The van der Waals surface area contributed by atoms with Gasteiger partial charge in [-0.15, -0.1) is 21.8 Å². The lowest BCUT2D eigenvalue weighted by Crippen LogP contribution is -2.25. The predicted molar refractivity (Wildman–Crippen MR) is 70.2 cm³/mol. The maximum Gasteiger partial charge on any atom is 0.147 e. The third-order valence-corrected chi connectivity index (χ3v) is 3.98. The van der Waals surface area contributed by atoms with E-state index in [1.54, 1.807) is 0 Å². The van der Waals surface area contributed by atoms with Crippen LogP contribution in [0.1, 0.15) is 58.1 Å². The Balaban J connectivity index is 2.36. The van der Waals surface area contributed by atoms with Crippen molar-refractivity contribution in [1.82, 2.24) is 14.8 Å². The Morgan fingerprint density at radius 1 is 1.29 bits per heavy atom. The normalized spacial score (nSPS) is 19.1. The molecule has 0 saturated heterocycles. The van der Waals surface area contributed by atoms with E-state index in [1.807, 2.05) is 0 Å². The molecule has 0 bridgehead atoms. The fraction of sp³-hybridized carbons (Fsp3) is 0.846. The van der Waals surface area contributed by atoms with Crippen molar-refractivity contribution in [1.29, 1.82) is 0 Å². The quantitative estimate of drug-likeness (QED) is 0.771.